The third-order valence-corrected chi connectivity index (χ3v) is 4.35. The van der Waals surface area contributed by atoms with E-state index in [1.54, 1.807) is 28.6 Å². The number of fused-ring (bicyclic) bond motifs is 1. The van der Waals surface area contributed by atoms with Crippen molar-refractivity contribution in [1.82, 2.24) is 24.3 Å². The molecule has 0 spiro atoms. The molecule has 1 N–H and O–H groups in total. The Kier molecular flexibility index (Phi) is 3.34. The number of rotatable bonds is 3. The zero-order valence-electron chi connectivity index (χ0n) is 12.7. The van der Waals surface area contributed by atoms with Gasteiger partial charge >= 0.3 is 0 Å². The average molecular weight is 349 g/mol. The van der Waals surface area contributed by atoms with Crippen molar-refractivity contribution < 1.29 is 8.78 Å². The Labute approximate surface area is 139 Å². The Morgan fingerprint density at radius 2 is 2.12 bits per heavy atom. The van der Waals surface area contributed by atoms with Crippen LogP contribution in [0.3, 0.4) is 0 Å². The number of aromatic nitrogens is 5. The number of nitrogens with one attached hydrogen (secondary N) is 1. The lowest BCUT2D eigenvalue weighted by Crippen LogP contribution is -2.17. The maximum atomic E-state index is 13.6. The smallest absolute Gasteiger partial charge is 0.264 e. The van der Waals surface area contributed by atoms with Gasteiger partial charge in [-0.25, -0.2) is 13.8 Å². The van der Waals surface area contributed by atoms with Crippen molar-refractivity contribution in [3.05, 3.63) is 39.0 Å². The largest absolute Gasteiger partial charge is 0.299 e. The molecule has 0 bridgehead atoms. The van der Waals surface area contributed by atoms with Crippen LogP contribution in [0.5, 0.6) is 0 Å². The van der Waals surface area contributed by atoms with Crippen LogP contribution >= 0.6 is 12.2 Å². The number of alkyl halides is 2. The predicted octanol–water partition coefficient (Wildman–Crippen LogP) is 3.13. The van der Waals surface area contributed by atoms with Gasteiger partial charge in [-0.1, -0.05) is 0 Å². The molecule has 1 saturated carbocycles. The molecule has 3 heterocycles. The third-order valence-electron chi connectivity index (χ3n) is 4.05. The molecule has 1 fully saturated rings. The first-order valence-electron chi connectivity index (χ1n) is 7.43. The molecule has 0 saturated heterocycles. The topological polar surface area (TPSA) is 68.5 Å². The minimum atomic E-state index is -2.80. The molecular weight excluding hydrogens is 336 g/mol. The zero-order valence-corrected chi connectivity index (χ0v) is 13.5. The predicted molar refractivity (Wildman–Crippen MR) is 86.6 cm³/mol. The van der Waals surface area contributed by atoms with Gasteiger partial charge in [-0.3, -0.25) is 19.0 Å². The number of aromatic amines is 1. The number of hydrogen-bond acceptors (Lipinski definition) is 4. The zero-order chi connectivity index (χ0) is 17.0. The van der Waals surface area contributed by atoms with Gasteiger partial charge in [0.1, 0.15) is 11.3 Å². The monoisotopic (exact) mass is 349 g/mol. The molecule has 0 atom stereocenters. The summed E-state index contributed by atoms with van der Waals surface area (Å²) < 4.78 is 30.6. The van der Waals surface area contributed by atoms with Gasteiger partial charge in [-0.15, -0.1) is 0 Å². The summed E-state index contributed by atoms with van der Waals surface area (Å²) in [5.41, 5.74) is -0.0269. The molecule has 9 heteroatoms. The Bertz CT molecular complexity index is 1060. The van der Waals surface area contributed by atoms with Crippen LogP contribution in [-0.4, -0.2) is 24.3 Å². The van der Waals surface area contributed by atoms with Crippen LogP contribution in [0.15, 0.2) is 23.1 Å². The first-order valence-corrected chi connectivity index (χ1v) is 7.84. The number of halogens is 2. The Morgan fingerprint density at radius 1 is 1.38 bits per heavy atom. The second-order valence-electron chi connectivity index (χ2n) is 5.83. The van der Waals surface area contributed by atoms with E-state index < -0.39 is 12.0 Å². The molecule has 1 aliphatic carbocycles. The summed E-state index contributed by atoms with van der Waals surface area (Å²) in [7, 11) is 1.73. The Balaban J connectivity index is 2.13. The molecule has 6 nitrogen and oxygen atoms in total. The van der Waals surface area contributed by atoms with Gasteiger partial charge < -0.3 is 0 Å². The van der Waals surface area contributed by atoms with Gasteiger partial charge in [0.25, 0.3) is 12.0 Å². The van der Waals surface area contributed by atoms with E-state index in [2.05, 4.69) is 15.1 Å². The molecule has 0 radical (unpaired) electrons. The van der Waals surface area contributed by atoms with E-state index in [9.17, 15) is 13.6 Å². The number of hydrogen-bond donors (Lipinski definition) is 1. The summed E-state index contributed by atoms with van der Waals surface area (Å²) >= 11 is 5.22. The van der Waals surface area contributed by atoms with Crippen LogP contribution in [0, 0.1) is 4.77 Å². The van der Waals surface area contributed by atoms with Crippen molar-refractivity contribution in [1.29, 1.82) is 0 Å². The summed E-state index contributed by atoms with van der Waals surface area (Å²) in [5.74, 6) is 0. The number of aryl methyl sites for hydroxylation is 1. The summed E-state index contributed by atoms with van der Waals surface area (Å²) in [6.07, 6.45) is 0.668. The van der Waals surface area contributed by atoms with E-state index in [0.717, 1.165) is 12.8 Å². The van der Waals surface area contributed by atoms with E-state index in [4.69, 9.17) is 12.2 Å². The van der Waals surface area contributed by atoms with Gasteiger partial charge in [-0.05, 0) is 37.2 Å². The quantitative estimate of drug-likeness (QED) is 0.738. The minimum absolute atomic E-state index is 0.0915. The van der Waals surface area contributed by atoms with Crippen molar-refractivity contribution in [3.8, 4) is 11.4 Å². The molecule has 0 aromatic carbocycles. The van der Waals surface area contributed by atoms with Crippen LogP contribution in [0.2, 0.25) is 0 Å². The van der Waals surface area contributed by atoms with Crippen molar-refractivity contribution >= 4 is 23.3 Å². The molecule has 1 aliphatic rings. The fraction of sp³-hybridized carbons (Fsp3) is 0.333. The van der Waals surface area contributed by atoms with Gasteiger partial charge in [0.05, 0.1) is 11.1 Å². The lowest BCUT2D eigenvalue weighted by molar-refractivity contribution is 0.153. The second kappa shape index (κ2) is 5.30. The summed E-state index contributed by atoms with van der Waals surface area (Å²) in [6, 6.07) is 3.01. The average Bonchev–Trinajstić information content (AvgIpc) is 3.26. The standard InChI is InChI=1S/C15H13F2N5OS/c1-21-5-4-9(20-21)10-6-8(12(16)17)11-13(18-10)22(7-2-3-7)15(24)19-14(11)23/h4-7,12H,2-3H2,1H3,(H,19,23,24). The van der Waals surface area contributed by atoms with Gasteiger partial charge in [-0.2, -0.15) is 5.10 Å². The summed E-state index contributed by atoms with van der Waals surface area (Å²) in [6.45, 7) is 0. The SMILES string of the molecule is Cn1ccc(-c2cc(C(F)F)c3c(=O)[nH]c(=S)n(C4CC4)c3n2)n1. The van der Waals surface area contributed by atoms with Crippen molar-refractivity contribution in [3.63, 3.8) is 0 Å². The lowest BCUT2D eigenvalue weighted by atomic mass is 10.1. The minimum Gasteiger partial charge on any atom is -0.299 e. The van der Waals surface area contributed by atoms with Crippen LogP contribution in [0.25, 0.3) is 22.4 Å². The molecule has 0 amide bonds. The van der Waals surface area contributed by atoms with Crippen LogP contribution in [-0.2, 0) is 7.05 Å². The Morgan fingerprint density at radius 3 is 2.71 bits per heavy atom. The van der Waals surface area contributed by atoms with E-state index in [-0.39, 0.29) is 27.4 Å². The Hall–Kier alpha value is -2.42. The first kappa shape index (κ1) is 15.1. The summed E-state index contributed by atoms with van der Waals surface area (Å²) in [4.78, 5) is 19.2. The highest BCUT2D eigenvalue weighted by atomic mass is 32.1. The van der Waals surface area contributed by atoms with E-state index in [0.29, 0.717) is 11.4 Å². The second-order valence-corrected chi connectivity index (χ2v) is 6.22. The van der Waals surface area contributed by atoms with Crippen LogP contribution in [0.4, 0.5) is 8.78 Å². The van der Waals surface area contributed by atoms with E-state index in [1.807, 2.05) is 0 Å². The van der Waals surface area contributed by atoms with Gasteiger partial charge in [0.15, 0.2) is 4.77 Å². The molecule has 124 valence electrons. The molecular formula is C15H13F2N5OS. The van der Waals surface area contributed by atoms with Crippen molar-refractivity contribution in [2.24, 2.45) is 7.05 Å². The molecule has 4 rings (SSSR count). The molecule has 3 aromatic rings. The van der Waals surface area contributed by atoms with Crippen LogP contribution in [0.1, 0.15) is 30.9 Å². The van der Waals surface area contributed by atoms with Gasteiger partial charge in [0.2, 0.25) is 0 Å². The molecule has 0 aliphatic heterocycles. The number of H-pyrrole nitrogens is 1. The number of pyridine rings is 1. The lowest BCUT2D eigenvalue weighted by Gasteiger charge is -2.13. The summed E-state index contributed by atoms with van der Waals surface area (Å²) in [5, 5.41) is 4.10. The highest BCUT2D eigenvalue weighted by molar-refractivity contribution is 7.71. The highest BCUT2D eigenvalue weighted by Gasteiger charge is 2.29. The molecule has 24 heavy (non-hydrogen) atoms. The van der Waals surface area contributed by atoms with Crippen LogP contribution < -0.4 is 5.56 Å². The fourth-order valence-electron chi connectivity index (χ4n) is 2.80. The van der Waals surface area contributed by atoms with E-state index >= 15 is 0 Å². The third kappa shape index (κ3) is 2.35. The first-order chi connectivity index (χ1) is 11.5. The van der Waals surface area contributed by atoms with Gasteiger partial charge in [0, 0.05) is 24.8 Å². The number of nitrogens with zero attached hydrogens (tertiary/aromatic N) is 4. The maximum absolute atomic E-state index is 13.6. The van der Waals surface area contributed by atoms with E-state index in [1.165, 1.54) is 6.07 Å². The highest BCUT2D eigenvalue weighted by Crippen LogP contribution is 2.38. The van der Waals surface area contributed by atoms with Crippen molar-refractivity contribution in [2.45, 2.75) is 25.3 Å². The molecule has 0 unspecified atom stereocenters. The van der Waals surface area contributed by atoms with Crippen molar-refractivity contribution in [2.75, 3.05) is 0 Å². The normalized spacial score (nSPS) is 14.7. The maximum Gasteiger partial charge on any atom is 0.264 e. The molecule has 3 aromatic heterocycles. The fourth-order valence-corrected chi connectivity index (χ4v) is 3.13.